The number of anilines is 1. The molecule has 1 saturated carbocycles. The van der Waals surface area contributed by atoms with Crippen LogP contribution in [0.1, 0.15) is 25.7 Å². The Morgan fingerprint density at radius 2 is 2.42 bits per heavy atom. The van der Waals surface area contributed by atoms with Crippen LogP contribution in [0.3, 0.4) is 0 Å². The third-order valence-electron chi connectivity index (χ3n) is 3.82. The van der Waals surface area contributed by atoms with Crippen LogP contribution in [0.25, 0.3) is 0 Å². The lowest BCUT2D eigenvalue weighted by molar-refractivity contribution is -0.119. The molecule has 6 heteroatoms. The van der Waals surface area contributed by atoms with E-state index in [0.29, 0.717) is 26.1 Å². The molecule has 106 valence electrons. The molecule has 2 rings (SSSR count). The standard InChI is InChI=1S/C13H22N4O2/c1-19-6-5-17-9-11(8-15-17)16-12(18)7-13(10-14)3-2-4-13/h8-9H,2-7,10,14H2,1H3,(H,16,18). The van der Waals surface area contributed by atoms with Crippen LogP contribution in [0.15, 0.2) is 12.4 Å². The number of rotatable bonds is 7. The first-order valence-electron chi connectivity index (χ1n) is 6.69. The number of hydrogen-bond acceptors (Lipinski definition) is 4. The van der Waals surface area contributed by atoms with Gasteiger partial charge in [-0.3, -0.25) is 9.48 Å². The van der Waals surface area contributed by atoms with Gasteiger partial charge in [-0.15, -0.1) is 0 Å². The van der Waals surface area contributed by atoms with Crippen molar-refractivity contribution in [2.24, 2.45) is 11.1 Å². The molecule has 1 aliphatic rings. The van der Waals surface area contributed by atoms with Gasteiger partial charge in [0.1, 0.15) is 0 Å². The maximum atomic E-state index is 12.0. The Kier molecular flexibility index (Phi) is 4.55. The molecule has 0 aliphatic heterocycles. The summed E-state index contributed by atoms with van der Waals surface area (Å²) in [6, 6.07) is 0. The molecule has 0 atom stereocenters. The summed E-state index contributed by atoms with van der Waals surface area (Å²) in [7, 11) is 1.65. The summed E-state index contributed by atoms with van der Waals surface area (Å²) in [6.07, 6.45) is 7.27. The van der Waals surface area contributed by atoms with Gasteiger partial charge in [-0.05, 0) is 24.8 Å². The number of carbonyl (C=O) groups excluding carboxylic acids is 1. The van der Waals surface area contributed by atoms with Crippen LogP contribution in [0.4, 0.5) is 5.69 Å². The first kappa shape index (κ1) is 14.0. The van der Waals surface area contributed by atoms with Gasteiger partial charge in [0.25, 0.3) is 0 Å². The van der Waals surface area contributed by atoms with Crippen molar-refractivity contribution in [2.45, 2.75) is 32.2 Å². The Morgan fingerprint density at radius 3 is 3.00 bits per heavy atom. The van der Waals surface area contributed by atoms with Crippen LogP contribution in [0.5, 0.6) is 0 Å². The second kappa shape index (κ2) is 6.16. The van der Waals surface area contributed by atoms with Crippen molar-refractivity contribution < 1.29 is 9.53 Å². The molecule has 1 amide bonds. The normalized spacial score (nSPS) is 16.9. The Morgan fingerprint density at radius 1 is 1.63 bits per heavy atom. The molecule has 0 bridgehead atoms. The summed E-state index contributed by atoms with van der Waals surface area (Å²) in [5.41, 5.74) is 6.53. The summed E-state index contributed by atoms with van der Waals surface area (Å²) in [5.74, 6) is 0.0245. The van der Waals surface area contributed by atoms with E-state index in [0.717, 1.165) is 18.5 Å². The van der Waals surface area contributed by atoms with Gasteiger partial charge in [-0.25, -0.2) is 0 Å². The minimum absolute atomic E-state index is 0.0245. The SMILES string of the molecule is COCCn1cc(NC(=O)CC2(CN)CCC2)cn1. The van der Waals surface area contributed by atoms with E-state index in [9.17, 15) is 4.79 Å². The number of amides is 1. The van der Waals surface area contributed by atoms with Crippen LogP contribution in [0, 0.1) is 5.41 Å². The highest BCUT2D eigenvalue weighted by atomic mass is 16.5. The number of ether oxygens (including phenoxy) is 1. The number of aromatic nitrogens is 2. The van der Waals surface area contributed by atoms with Crippen LogP contribution < -0.4 is 11.1 Å². The van der Waals surface area contributed by atoms with Crippen molar-refractivity contribution in [1.29, 1.82) is 0 Å². The highest BCUT2D eigenvalue weighted by Gasteiger charge is 2.37. The Bertz CT molecular complexity index is 421. The predicted molar refractivity (Wildman–Crippen MR) is 72.7 cm³/mol. The van der Waals surface area contributed by atoms with E-state index in [-0.39, 0.29) is 11.3 Å². The fourth-order valence-electron chi connectivity index (χ4n) is 2.41. The monoisotopic (exact) mass is 266 g/mol. The molecule has 1 aromatic heterocycles. The molecule has 19 heavy (non-hydrogen) atoms. The topological polar surface area (TPSA) is 82.2 Å². The van der Waals surface area contributed by atoms with E-state index in [2.05, 4.69) is 10.4 Å². The molecule has 1 fully saturated rings. The molecular weight excluding hydrogens is 244 g/mol. The molecule has 0 radical (unpaired) electrons. The van der Waals surface area contributed by atoms with Gasteiger partial charge in [0, 0.05) is 19.7 Å². The van der Waals surface area contributed by atoms with Crippen LogP contribution in [-0.2, 0) is 16.1 Å². The summed E-state index contributed by atoms with van der Waals surface area (Å²) >= 11 is 0. The molecule has 1 heterocycles. The van der Waals surface area contributed by atoms with Crippen LogP contribution >= 0.6 is 0 Å². The predicted octanol–water partition coefficient (Wildman–Crippen LogP) is 0.987. The molecule has 1 aliphatic carbocycles. The van der Waals surface area contributed by atoms with E-state index in [1.54, 1.807) is 18.0 Å². The number of carbonyl (C=O) groups is 1. The second-order valence-corrected chi connectivity index (χ2v) is 5.27. The van der Waals surface area contributed by atoms with Crippen molar-refractivity contribution in [3.8, 4) is 0 Å². The van der Waals surface area contributed by atoms with E-state index in [1.165, 1.54) is 6.42 Å². The van der Waals surface area contributed by atoms with Crippen molar-refractivity contribution in [1.82, 2.24) is 9.78 Å². The summed E-state index contributed by atoms with van der Waals surface area (Å²) < 4.78 is 6.73. The zero-order valence-electron chi connectivity index (χ0n) is 11.4. The van der Waals surface area contributed by atoms with E-state index >= 15 is 0 Å². The Labute approximate surface area is 113 Å². The van der Waals surface area contributed by atoms with Gasteiger partial charge < -0.3 is 15.8 Å². The number of nitrogens with two attached hydrogens (primary N) is 1. The lowest BCUT2D eigenvalue weighted by atomic mass is 9.66. The summed E-state index contributed by atoms with van der Waals surface area (Å²) in [4.78, 5) is 12.0. The zero-order valence-corrected chi connectivity index (χ0v) is 11.4. The molecule has 0 spiro atoms. The maximum absolute atomic E-state index is 12.0. The van der Waals surface area contributed by atoms with Crippen LogP contribution in [0.2, 0.25) is 0 Å². The van der Waals surface area contributed by atoms with Gasteiger partial charge >= 0.3 is 0 Å². The van der Waals surface area contributed by atoms with E-state index in [1.807, 2.05) is 6.20 Å². The first-order valence-corrected chi connectivity index (χ1v) is 6.69. The highest BCUT2D eigenvalue weighted by molar-refractivity contribution is 5.90. The van der Waals surface area contributed by atoms with Crippen molar-refractivity contribution in [2.75, 3.05) is 25.6 Å². The van der Waals surface area contributed by atoms with Crippen molar-refractivity contribution in [3.05, 3.63) is 12.4 Å². The van der Waals surface area contributed by atoms with Gasteiger partial charge in [0.05, 0.1) is 25.0 Å². The maximum Gasteiger partial charge on any atom is 0.225 e. The minimum Gasteiger partial charge on any atom is -0.383 e. The largest absolute Gasteiger partial charge is 0.383 e. The average Bonchev–Trinajstić information content (AvgIpc) is 2.79. The van der Waals surface area contributed by atoms with Gasteiger partial charge in [0.15, 0.2) is 0 Å². The molecule has 6 nitrogen and oxygen atoms in total. The van der Waals surface area contributed by atoms with E-state index in [4.69, 9.17) is 10.5 Å². The van der Waals surface area contributed by atoms with Gasteiger partial charge in [-0.1, -0.05) is 6.42 Å². The molecule has 0 aromatic carbocycles. The van der Waals surface area contributed by atoms with Crippen molar-refractivity contribution in [3.63, 3.8) is 0 Å². The number of nitrogens with zero attached hydrogens (tertiary/aromatic N) is 2. The lowest BCUT2D eigenvalue weighted by Crippen LogP contribution is -2.40. The van der Waals surface area contributed by atoms with Gasteiger partial charge in [0.2, 0.25) is 5.91 Å². The first-order chi connectivity index (χ1) is 9.17. The molecular formula is C13H22N4O2. The van der Waals surface area contributed by atoms with Gasteiger partial charge in [-0.2, -0.15) is 5.10 Å². The lowest BCUT2D eigenvalue weighted by Gasteiger charge is -2.40. The smallest absolute Gasteiger partial charge is 0.225 e. The number of hydrogen-bond donors (Lipinski definition) is 2. The third kappa shape index (κ3) is 3.54. The highest BCUT2D eigenvalue weighted by Crippen LogP contribution is 2.42. The summed E-state index contributed by atoms with van der Waals surface area (Å²) in [5, 5.41) is 7.03. The average molecular weight is 266 g/mol. The van der Waals surface area contributed by atoms with E-state index < -0.39 is 0 Å². The Balaban J connectivity index is 1.83. The zero-order chi connectivity index (χ0) is 13.7. The van der Waals surface area contributed by atoms with Crippen LogP contribution in [-0.4, -0.2) is 35.9 Å². The number of nitrogens with one attached hydrogen (secondary N) is 1. The second-order valence-electron chi connectivity index (χ2n) is 5.27. The fraction of sp³-hybridized carbons (Fsp3) is 0.692. The fourth-order valence-corrected chi connectivity index (χ4v) is 2.41. The quantitative estimate of drug-likeness (QED) is 0.771. The summed E-state index contributed by atoms with van der Waals surface area (Å²) in [6.45, 7) is 1.87. The third-order valence-corrected chi connectivity index (χ3v) is 3.82. The Hall–Kier alpha value is -1.40. The van der Waals surface area contributed by atoms with Crippen molar-refractivity contribution >= 4 is 11.6 Å². The molecule has 0 saturated heterocycles. The minimum atomic E-state index is 0.0245. The molecule has 3 N–H and O–H groups in total. The molecule has 1 aromatic rings. The number of methoxy groups -OCH3 is 1. The molecule has 0 unspecified atom stereocenters.